The minimum absolute atomic E-state index is 0.229. The summed E-state index contributed by atoms with van der Waals surface area (Å²) in [6.45, 7) is 4.17. The van der Waals surface area contributed by atoms with Crippen LogP contribution < -0.4 is 5.73 Å². The van der Waals surface area contributed by atoms with E-state index in [1.165, 1.54) is 0 Å². The van der Waals surface area contributed by atoms with Crippen LogP contribution in [-0.2, 0) is 9.59 Å². The molecule has 0 bridgehead atoms. The van der Waals surface area contributed by atoms with Crippen LogP contribution in [0.15, 0.2) is 0 Å². The van der Waals surface area contributed by atoms with Crippen molar-refractivity contribution in [1.29, 1.82) is 0 Å². The van der Waals surface area contributed by atoms with Gasteiger partial charge in [-0.25, -0.2) is 0 Å². The molecule has 1 aliphatic rings. The molecule has 0 aromatic carbocycles. The van der Waals surface area contributed by atoms with Crippen molar-refractivity contribution in [3.63, 3.8) is 0 Å². The Hall–Kier alpha value is -0.900. The summed E-state index contributed by atoms with van der Waals surface area (Å²) < 4.78 is 0. The maximum absolute atomic E-state index is 11.5. The number of nitrogens with zero attached hydrogens (tertiary/aromatic N) is 1. The molecule has 0 radical (unpaired) electrons. The van der Waals surface area contributed by atoms with Gasteiger partial charge in [-0.3, -0.25) is 14.5 Å². The van der Waals surface area contributed by atoms with Gasteiger partial charge in [0.05, 0.1) is 6.54 Å². The lowest BCUT2D eigenvalue weighted by molar-refractivity contribution is -0.120. The molecule has 0 aliphatic heterocycles. The molecule has 4 heteroatoms. The minimum atomic E-state index is -0.279. The van der Waals surface area contributed by atoms with E-state index in [9.17, 15) is 9.59 Å². The van der Waals surface area contributed by atoms with Gasteiger partial charge in [0.15, 0.2) is 0 Å². The molecule has 0 heterocycles. The van der Waals surface area contributed by atoms with Gasteiger partial charge in [-0.15, -0.1) is 0 Å². The quantitative estimate of drug-likeness (QED) is 0.696. The number of rotatable bonds is 8. The van der Waals surface area contributed by atoms with E-state index >= 15 is 0 Å². The van der Waals surface area contributed by atoms with Gasteiger partial charge >= 0.3 is 0 Å². The van der Waals surface area contributed by atoms with Crippen LogP contribution in [0.25, 0.3) is 0 Å². The highest BCUT2D eigenvalue weighted by Crippen LogP contribution is 2.24. The summed E-state index contributed by atoms with van der Waals surface area (Å²) >= 11 is 0. The fraction of sp³-hybridized carbons (Fsp3) is 0.846. The Kier molecular flexibility index (Phi) is 6.19. The Bertz CT molecular complexity index is 266. The van der Waals surface area contributed by atoms with Gasteiger partial charge < -0.3 is 5.73 Å². The zero-order valence-electron chi connectivity index (χ0n) is 10.8. The van der Waals surface area contributed by atoms with Gasteiger partial charge in [-0.1, -0.05) is 13.3 Å². The van der Waals surface area contributed by atoms with Crippen LogP contribution in [0.1, 0.15) is 45.4 Å². The molecule has 2 N–H and O–H groups in total. The summed E-state index contributed by atoms with van der Waals surface area (Å²) in [5.74, 6) is 0.352. The predicted molar refractivity (Wildman–Crippen MR) is 67.5 cm³/mol. The normalized spacial score (nSPS) is 20.1. The first kappa shape index (κ1) is 14.2. The predicted octanol–water partition coefficient (Wildman–Crippen LogP) is 1.33. The van der Waals surface area contributed by atoms with Gasteiger partial charge in [0, 0.05) is 12.3 Å². The van der Waals surface area contributed by atoms with Crippen LogP contribution in [0, 0.1) is 5.92 Å². The number of carbonyl (C=O) groups excluding carboxylic acids is 2. The highest BCUT2D eigenvalue weighted by Gasteiger charge is 2.24. The second kappa shape index (κ2) is 7.43. The number of Topliss-reactive ketones (excluding diaryl/α,β-unsaturated/α-hetero) is 1. The third-order valence-corrected chi connectivity index (χ3v) is 3.43. The Morgan fingerprint density at radius 1 is 1.47 bits per heavy atom. The Balaban J connectivity index is 2.31. The second-order valence-corrected chi connectivity index (χ2v) is 4.94. The van der Waals surface area contributed by atoms with E-state index in [1.54, 1.807) is 0 Å². The Labute approximate surface area is 104 Å². The van der Waals surface area contributed by atoms with Gasteiger partial charge in [0.2, 0.25) is 5.91 Å². The number of primary amides is 1. The standard InChI is InChI=1S/C13H24N2O2/c1-2-3-8-15(10-13(14)17)9-7-11-5-4-6-12(11)16/h11H,2-10H2,1H3,(H2,14,17). The molecule has 1 aliphatic carbocycles. The summed E-state index contributed by atoms with van der Waals surface area (Å²) in [5, 5.41) is 0. The lowest BCUT2D eigenvalue weighted by Crippen LogP contribution is -2.36. The van der Waals surface area contributed by atoms with Crippen molar-refractivity contribution < 1.29 is 9.59 Å². The van der Waals surface area contributed by atoms with Crippen molar-refractivity contribution >= 4 is 11.7 Å². The number of carbonyl (C=O) groups is 2. The first-order chi connectivity index (χ1) is 8.13. The molecule has 1 amide bonds. The van der Waals surface area contributed by atoms with Gasteiger partial charge in [-0.05, 0) is 38.8 Å². The largest absolute Gasteiger partial charge is 0.369 e. The SMILES string of the molecule is CCCCN(CCC1CCCC1=O)CC(N)=O. The van der Waals surface area contributed by atoms with Crippen molar-refractivity contribution in [3.05, 3.63) is 0 Å². The molecule has 1 unspecified atom stereocenters. The summed E-state index contributed by atoms with van der Waals surface area (Å²) in [6.07, 6.45) is 5.88. The summed E-state index contributed by atoms with van der Waals surface area (Å²) in [4.78, 5) is 24.5. The number of unbranched alkanes of at least 4 members (excludes halogenated alkanes) is 1. The highest BCUT2D eigenvalue weighted by atomic mass is 16.1. The average Bonchev–Trinajstić information content (AvgIpc) is 2.67. The zero-order valence-corrected chi connectivity index (χ0v) is 10.8. The van der Waals surface area contributed by atoms with E-state index in [0.29, 0.717) is 12.3 Å². The monoisotopic (exact) mass is 240 g/mol. The number of ketones is 1. The van der Waals surface area contributed by atoms with Crippen molar-refractivity contribution in [1.82, 2.24) is 4.90 Å². The number of amides is 1. The zero-order chi connectivity index (χ0) is 12.7. The van der Waals surface area contributed by atoms with Gasteiger partial charge in [0.1, 0.15) is 5.78 Å². The maximum atomic E-state index is 11.5. The summed E-state index contributed by atoms with van der Waals surface area (Å²) in [7, 11) is 0. The van der Waals surface area contributed by atoms with E-state index in [0.717, 1.165) is 51.6 Å². The minimum Gasteiger partial charge on any atom is -0.369 e. The fourth-order valence-electron chi connectivity index (χ4n) is 2.40. The second-order valence-electron chi connectivity index (χ2n) is 4.94. The third-order valence-electron chi connectivity index (χ3n) is 3.43. The van der Waals surface area contributed by atoms with Crippen LogP contribution >= 0.6 is 0 Å². The Morgan fingerprint density at radius 2 is 2.24 bits per heavy atom. The lowest BCUT2D eigenvalue weighted by Gasteiger charge is -2.21. The summed E-state index contributed by atoms with van der Waals surface area (Å²) in [6, 6.07) is 0. The first-order valence-corrected chi connectivity index (χ1v) is 6.66. The highest BCUT2D eigenvalue weighted by molar-refractivity contribution is 5.82. The molecule has 0 spiro atoms. The van der Waals surface area contributed by atoms with E-state index in [2.05, 4.69) is 11.8 Å². The molecule has 0 aromatic heterocycles. The van der Waals surface area contributed by atoms with E-state index < -0.39 is 0 Å². The van der Waals surface area contributed by atoms with Crippen LogP contribution in [0.3, 0.4) is 0 Å². The number of nitrogens with two attached hydrogens (primary N) is 1. The molecule has 0 saturated heterocycles. The summed E-state index contributed by atoms with van der Waals surface area (Å²) in [5.41, 5.74) is 5.23. The topological polar surface area (TPSA) is 63.4 Å². The first-order valence-electron chi connectivity index (χ1n) is 6.66. The Morgan fingerprint density at radius 3 is 2.76 bits per heavy atom. The van der Waals surface area contributed by atoms with Gasteiger partial charge in [0.25, 0.3) is 0 Å². The van der Waals surface area contributed by atoms with Crippen LogP contribution in [0.2, 0.25) is 0 Å². The average molecular weight is 240 g/mol. The van der Waals surface area contributed by atoms with Crippen LogP contribution in [-0.4, -0.2) is 36.2 Å². The molecule has 1 atom stereocenters. The smallest absolute Gasteiger partial charge is 0.231 e. The lowest BCUT2D eigenvalue weighted by atomic mass is 10.0. The van der Waals surface area contributed by atoms with Crippen molar-refractivity contribution in [2.24, 2.45) is 11.7 Å². The van der Waals surface area contributed by atoms with Crippen LogP contribution in [0.4, 0.5) is 0 Å². The molecule has 1 rings (SSSR count). The molecule has 4 nitrogen and oxygen atoms in total. The number of hydrogen-bond donors (Lipinski definition) is 1. The van der Waals surface area contributed by atoms with Crippen molar-refractivity contribution in [3.8, 4) is 0 Å². The van der Waals surface area contributed by atoms with Crippen LogP contribution in [0.5, 0.6) is 0 Å². The molecule has 1 saturated carbocycles. The molecule has 17 heavy (non-hydrogen) atoms. The van der Waals surface area contributed by atoms with Crippen molar-refractivity contribution in [2.75, 3.05) is 19.6 Å². The van der Waals surface area contributed by atoms with E-state index in [-0.39, 0.29) is 11.8 Å². The molecule has 0 aromatic rings. The van der Waals surface area contributed by atoms with Crippen molar-refractivity contribution in [2.45, 2.75) is 45.4 Å². The van der Waals surface area contributed by atoms with Gasteiger partial charge in [-0.2, -0.15) is 0 Å². The molecule has 1 fully saturated rings. The molecular formula is C13H24N2O2. The maximum Gasteiger partial charge on any atom is 0.231 e. The molecular weight excluding hydrogens is 216 g/mol. The van der Waals surface area contributed by atoms with E-state index in [1.807, 2.05) is 0 Å². The fourth-order valence-corrected chi connectivity index (χ4v) is 2.40. The third kappa shape index (κ3) is 5.31. The molecule has 98 valence electrons. The van der Waals surface area contributed by atoms with E-state index in [4.69, 9.17) is 5.73 Å². The number of hydrogen-bond acceptors (Lipinski definition) is 3.